The highest BCUT2D eigenvalue weighted by molar-refractivity contribution is 6.09. The van der Waals surface area contributed by atoms with Crippen molar-refractivity contribution < 1.29 is 14.3 Å². The molecular weight excluding hydrogens is 512 g/mol. The van der Waals surface area contributed by atoms with E-state index in [2.05, 4.69) is 28.9 Å². The number of rotatable bonds is 6. The second-order valence-corrected chi connectivity index (χ2v) is 12.3. The van der Waals surface area contributed by atoms with E-state index in [0.717, 1.165) is 46.1 Å². The van der Waals surface area contributed by atoms with Crippen LogP contribution in [0.2, 0.25) is 0 Å². The van der Waals surface area contributed by atoms with Gasteiger partial charge in [0.2, 0.25) is 0 Å². The molecule has 0 unspecified atom stereocenters. The smallest absolute Gasteiger partial charge is 0.410 e. The Labute approximate surface area is 244 Å². The van der Waals surface area contributed by atoms with Gasteiger partial charge in [-0.3, -0.25) is 9.69 Å². The summed E-state index contributed by atoms with van der Waals surface area (Å²) in [5, 5.41) is 0.911. The number of carbonyl (C=O) groups excluding carboxylic acids is 2. The van der Waals surface area contributed by atoms with Gasteiger partial charge in [-0.15, -0.1) is 0 Å². The molecule has 2 fully saturated rings. The average molecular weight is 557 g/mol. The minimum absolute atomic E-state index is 0.109. The van der Waals surface area contributed by atoms with Crippen LogP contribution in [0.25, 0.3) is 22.2 Å². The third-order valence-corrected chi connectivity index (χ3v) is 8.28. The highest BCUT2D eigenvalue weighted by atomic mass is 16.6. The minimum Gasteiger partial charge on any atom is -0.444 e. The van der Waals surface area contributed by atoms with E-state index in [1.165, 1.54) is 19.3 Å². The van der Waals surface area contributed by atoms with Crippen molar-refractivity contribution in [2.45, 2.75) is 78.0 Å². The van der Waals surface area contributed by atoms with Gasteiger partial charge in [-0.05, 0) is 46.6 Å². The summed E-state index contributed by atoms with van der Waals surface area (Å²) in [5.41, 5.74) is 3.94. The zero-order valence-corrected chi connectivity index (χ0v) is 25.1. The van der Waals surface area contributed by atoms with Gasteiger partial charge in [-0.2, -0.15) is 0 Å². The average Bonchev–Trinajstić information content (AvgIpc) is 2.97. The van der Waals surface area contributed by atoms with Crippen molar-refractivity contribution in [2.75, 3.05) is 32.7 Å². The van der Waals surface area contributed by atoms with Gasteiger partial charge < -0.3 is 14.5 Å². The molecule has 1 saturated heterocycles. The van der Waals surface area contributed by atoms with Crippen LogP contribution in [-0.2, 0) is 11.3 Å². The van der Waals surface area contributed by atoms with Crippen LogP contribution in [0.3, 0.4) is 0 Å². The summed E-state index contributed by atoms with van der Waals surface area (Å²) < 4.78 is 5.61. The van der Waals surface area contributed by atoms with Gasteiger partial charge in [0.1, 0.15) is 5.60 Å². The number of carbonyl (C=O) groups is 2. The molecule has 1 aliphatic carbocycles. The van der Waals surface area contributed by atoms with Crippen LogP contribution in [0.4, 0.5) is 4.79 Å². The number of hydrogen-bond donors (Lipinski definition) is 0. The fourth-order valence-corrected chi connectivity index (χ4v) is 6.23. The highest BCUT2D eigenvalue weighted by Gasteiger charge is 2.32. The maximum absolute atomic E-state index is 14.6. The Morgan fingerprint density at radius 2 is 1.59 bits per heavy atom. The zero-order chi connectivity index (χ0) is 29.0. The third-order valence-electron chi connectivity index (χ3n) is 8.28. The van der Waals surface area contributed by atoms with Gasteiger partial charge >= 0.3 is 6.09 Å². The summed E-state index contributed by atoms with van der Waals surface area (Å²) in [5.74, 6) is 0.109. The molecule has 0 atom stereocenters. The number of piperazine rings is 1. The summed E-state index contributed by atoms with van der Waals surface area (Å²) in [7, 11) is 0. The molecule has 7 nitrogen and oxygen atoms in total. The fourth-order valence-electron chi connectivity index (χ4n) is 6.23. The highest BCUT2D eigenvalue weighted by Crippen LogP contribution is 2.34. The monoisotopic (exact) mass is 556 g/mol. The molecule has 2 aliphatic rings. The van der Waals surface area contributed by atoms with E-state index >= 15 is 0 Å². The molecule has 5 rings (SSSR count). The van der Waals surface area contributed by atoms with Crippen LogP contribution in [0, 0.1) is 0 Å². The minimum atomic E-state index is -0.520. The Hall–Kier alpha value is -3.45. The number of benzene rings is 2. The van der Waals surface area contributed by atoms with Gasteiger partial charge in [0.25, 0.3) is 5.91 Å². The summed E-state index contributed by atoms with van der Waals surface area (Å²) in [6.07, 6.45) is 5.47. The van der Waals surface area contributed by atoms with Crippen molar-refractivity contribution in [3.8, 4) is 11.3 Å². The van der Waals surface area contributed by atoms with Crippen molar-refractivity contribution in [3.63, 3.8) is 0 Å². The molecule has 3 aromatic rings. The predicted molar refractivity (Wildman–Crippen MR) is 164 cm³/mol. The SMILES string of the molecule is CCN(C(=O)c1c(CN2CCN(C(=O)OC(C)(C)C)CC2)c(-c2ccccc2)nc2ccccc12)C1CCCCC1. The fraction of sp³-hybridized carbons (Fsp3) is 0.500. The van der Waals surface area contributed by atoms with Crippen LogP contribution >= 0.6 is 0 Å². The Balaban J connectivity index is 1.53. The number of nitrogens with zero attached hydrogens (tertiary/aromatic N) is 4. The molecule has 7 heteroatoms. The summed E-state index contributed by atoms with van der Waals surface area (Å²) in [4.78, 5) is 38.7. The van der Waals surface area contributed by atoms with Crippen LogP contribution in [0.15, 0.2) is 54.6 Å². The molecule has 1 aliphatic heterocycles. The Bertz CT molecular complexity index is 1350. The summed E-state index contributed by atoms with van der Waals surface area (Å²) in [6.45, 7) is 11.6. The Morgan fingerprint density at radius 1 is 0.927 bits per heavy atom. The van der Waals surface area contributed by atoms with Crippen molar-refractivity contribution in [1.29, 1.82) is 0 Å². The lowest BCUT2D eigenvalue weighted by Crippen LogP contribution is -2.49. The van der Waals surface area contributed by atoms with Gasteiger partial charge in [-0.25, -0.2) is 9.78 Å². The van der Waals surface area contributed by atoms with Crippen LogP contribution in [0.1, 0.15) is 75.7 Å². The Kier molecular flexibility index (Phi) is 8.93. The lowest BCUT2D eigenvalue weighted by atomic mass is 9.91. The van der Waals surface area contributed by atoms with E-state index in [9.17, 15) is 9.59 Å². The number of para-hydroxylation sites is 1. The van der Waals surface area contributed by atoms with Crippen LogP contribution in [0.5, 0.6) is 0 Å². The molecule has 2 amide bonds. The third kappa shape index (κ3) is 6.72. The number of amides is 2. The summed E-state index contributed by atoms with van der Waals surface area (Å²) in [6, 6.07) is 18.5. The molecule has 2 aromatic carbocycles. The van der Waals surface area contributed by atoms with Crippen LogP contribution < -0.4 is 0 Å². The maximum Gasteiger partial charge on any atom is 0.410 e. The van der Waals surface area contributed by atoms with E-state index in [0.29, 0.717) is 39.3 Å². The maximum atomic E-state index is 14.6. The predicted octanol–water partition coefficient (Wildman–Crippen LogP) is 6.75. The van der Waals surface area contributed by atoms with Gasteiger partial charge in [0, 0.05) is 61.8 Å². The second kappa shape index (κ2) is 12.6. The first-order chi connectivity index (χ1) is 19.7. The normalized spacial score (nSPS) is 17.0. The molecule has 1 saturated carbocycles. The van der Waals surface area contributed by atoms with Gasteiger partial charge in [-0.1, -0.05) is 67.8 Å². The number of hydrogen-bond acceptors (Lipinski definition) is 5. The second-order valence-electron chi connectivity index (χ2n) is 12.3. The number of aromatic nitrogens is 1. The molecular formula is C34H44N4O3. The molecule has 2 heterocycles. The quantitative estimate of drug-likeness (QED) is 0.336. The van der Waals surface area contributed by atoms with E-state index in [4.69, 9.17) is 9.72 Å². The lowest BCUT2D eigenvalue weighted by molar-refractivity contribution is 0.0139. The molecule has 0 spiro atoms. The van der Waals surface area contributed by atoms with Crippen LogP contribution in [-0.4, -0.2) is 76.1 Å². The molecule has 0 N–H and O–H groups in total. The Morgan fingerprint density at radius 3 is 2.24 bits per heavy atom. The first-order valence-corrected chi connectivity index (χ1v) is 15.2. The lowest BCUT2D eigenvalue weighted by Gasteiger charge is -2.37. The molecule has 218 valence electrons. The van der Waals surface area contributed by atoms with Crippen molar-refractivity contribution in [2.24, 2.45) is 0 Å². The van der Waals surface area contributed by atoms with E-state index in [1.54, 1.807) is 4.90 Å². The zero-order valence-electron chi connectivity index (χ0n) is 25.1. The van der Waals surface area contributed by atoms with Gasteiger partial charge in [0.15, 0.2) is 0 Å². The van der Waals surface area contributed by atoms with E-state index in [-0.39, 0.29) is 18.0 Å². The molecule has 1 aromatic heterocycles. The standard InChI is InChI=1S/C34H44N4O3/c1-5-38(26-16-10-7-11-17-26)32(39)30-27-18-12-13-19-29(27)35-31(25-14-8-6-9-15-25)28(30)24-36-20-22-37(23-21-36)33(40)41-34(2,3)4/h6,8-9,12-15,18-19,26H,5,7,10-11,16-17,20-24H2,1-4H3. The summed E-state index contributed by atoms with van der Waals surface area (Å²) >= 11 is 0. The van der Waals surface area contributed by atoms with Crippen molar-refractivity contribution in [3.05, 3.63) is 65.7 Å². The van der Waals surface area contributed by atoms with E-state index in [1.807, 2.05) is 63.2 Å². The molecule has 0 bridgehead atoms. The molecule has 41 heavy (non-hydrogen) atoms. The number of ether oxygens (including phenoxy) is 1. The van der Waals surface area contributed by atoms with Crippen molar-refractivity contribution >= 4 is 22.9 Å². The van der Waals surface area contributed by atoms with Gasteiger partial charge in [0.05, 0.1) is 16.8 Å². The van der Waals surface area contributed by atoms with Crippen molar-refractivity contribution in [1.82, 2.24) is 19.7 Å². The largest absolute Gasteiger partial charge is 0.444 e. The first-order valence-electron chi connectivity index (χ1n) is 15.2. The number of pyridine rings is 1. The topological polar surface area (TPSA) is 66.0 Å². The van der Waals surface area contributed by atoms with E-state index < -0.39 is 5.60 Å². The first kappa shape index (κ1) is 29.1. The number of fused-ring (bicyclic) bond motifs is 1. The molecule has 0 radical (unpaired) electrons.